The maximum Gasteiger partial charge on any atom is 0.200 e. The predicted molar refractivity (Wildman–Crippen MR) is 100 cm³/mol. The molecule has 3 heteroatoms. The highest BCUT2D eigenvalue weighted by Crippen LogP contribution is 2.43. The van der Waals surface area contributed by atoms with Gasteiger partial charge in [-0.15, -0.1) is 0 Å². The largest absolute Gasteiger partial charge is 0.505 e. The minimum absolute atomic E-state index is 0.191. The molecule has 0 aromatic heterocycles. The maximum atomic E-state index is 14.1. The molecule has 2 aromatic carbocycles. The zero-order valence-electron chi connectivity index (χ0n) is 15.1. The van der Waals surface area contributed by atoms with Crippen LogP contribution in [-0.4, -0.2) is 5.11 Å². The van der Waals surface area contributed by atoms with E-state index < -0.39 is 17.4 Å². The molecule has 1 nitrogen and oxygen atoms in total. The van der Waals surface area contributed by atoms with E-state index in [0.717, 1.165) is 11.8 Å². The lowest BCUT2D eigenvalue weighted by molar-refractivity contribution is 0.235. The summed E-state index contributed by atoms with van der Waals surface area (Å²) in [4.78, 5) is 0. The van der Waals surface area contributed by atoms with Crippen LogP contribution in [0.25, 0.3) is 11.1 Å². The molecule has 1 N–H and O–H groups in total. The first-order valence-electron chi connectivity index (χ1n) is 9.91. The van der Waals surface area contributed by atoms with Crippen molar-refractivity contribution in [1.29, 1.82) is 0 Å². The van der Waals surface area contributed by atoms with Crippen LogP contribution in [0.5, 0.6) is 5.75 Å². The third kappa shape index (κ3) is 3.36. The van der Waals surface area contributed by atoms with E-state index in [1.807, 2.05) is 12.1 Å². The average molecular weight is 356 g/mol. The van der Waals surface area contributed by atoms with Crippen LogP contribution in [0.15, 0.2) is 36.4 Å². The van der Waals surface area contributed by atoms with E-state index >= 15 is 0 Å². The second-order valence-corrected chi connectivity index (χ2v) is 8.04. The van der Waals surface area contributed by atoms with Gasteiger partial charge in [-0.2, -0.15) is 4.39 Å². The van der Waals surface area contributed by atoms with E-state index in [-0.39, 0.29) is 5.56 Å². The summed E-state index contributed by atoms with van der Waals surface area (Å²) in [7, 11) is 0. The van der Waals surface area contributed by atoms with Crippen molar-refractivity contribution in [2.24, 2.45) is 11.8 Å². The Kier molecular flexibility index (Phi) is 4.97. The maximum absolute atomic E-state index is 14.1. The number of hydrogen-bond donors (Lipinski definition) is 1. The molecule has 0 aliphatic heterocycles. The van der Waals surface area contributed by atoms with Crippen LogP contribution >= 0.6 is 0 Å². The molecule has 2 saturated carbocycles. The molecule has 0 heterocycles. The molecule has 138 valence electrons. The van der Waals surface area contributed by atoms with E-state index in [1.54, 1.807) is 0 Å². The zero-order valence-corrected chi connectivity index (χ0v) is 15.1. The van der Waals surface area contributed by atoms with Crippen molar-refractivity contribution in [3.8, 4) is 16.9 Å². The van der Waals surface area contributed by atoms with Crippen LogP contribution < -0.4 is 0 Å². The lowest BCUT2D eigenvalue weighted by atomic mass is 9.73. The van der Waals surface area contributed by atoms with Gasteiger partial charge >= 0.3 is 0 Å². The molecule has 0 bridgehead atoms. The van der Waals surface area contributed by atoms with Crippen LogP contribution in [0.2, 0.25) is 0 Å². The fourth-order valence-corrected chi connectivity index (χ4v) is 5.05. The van der Waals surface area contributed by atoms with Crippen molar-refractivity contribution in [2.45, 2.75) is 57.3 Å². The third-order valence-electron chi connectivity index (χ3n) is 6.59. The van der Waals surface area contributed by atoms with Crippen molar-refractivity contribution in [1.82, 2.24) is 0 Å². The first kappa shape index (κ1) is 17.5. The summed E-state index contributed by atoms with van der Waals surface area (Å²) in [6, 6.07) is 10.5. The standard InChI is InChI=1S/C23H26F2O/c24-22-20(13-14-21(26)23(22)25)19-11-9-18(10-12-19)17-7-5-16(6-8-17)15-3-1-2-4-15/h9-17,26H,1-8H2. The smallest absolute Gasteiger partial charge is 0.200 e. The minimum Gasteiger partial charge on any atom is -0.505 e. The first-order chi connectivity index (χ1) is 12.6. The molecule has 4 rings (SSSR count). The highest BCUT2D eigenvalue weighted by Gasteiger charge is 2.29. The molecule has 0 unspecified atom stereocenters. The number of rotatable bonds is 3. The fraction of sp³-hybridized carbons (Fsp3) is 0.478. The Morgan fingerprint density at radius 3 is 1.96 bits per heavy atom. The van der Waals surface area contributed by atoms with E-state index in [2.05, 4.69) is 12.1 Å². The van der Waals surface area contributed by atoms with Gasteiger partial charge in [-0.3, -0.25) is 0 Å². The quantitative estimate of drug-likeness (QED) is 0.641. The third-order valence-corrected chi connectivity index (χ3v) is 6.59. The highest BCUT2D eigenvalue weighted by atomic mass is 19.2. The topological polar surface area (TPSA) is 20.2 Å². The van der Waals surface area contributed by atoms with Crippen LogP contribution in [-0.2, 0) is 0 Å². The monoisotopic (exact) mass is 356 g/mol. The number of phenols is 1. The number of halogens is 2. The molecule has 2 aliphatic carbocycles. The Morgan fingerprint density at radius 1 is 0.692 bits per heavy atom. The van der Waals surface area contributed by atoms with Gasteiger partial charge in [0, 0.05) is 5.56 Å². The van der Waals surface area contributed by atoms with Gasteiger partial charge in [-0.1, -0.05) is 49.9 Å². The van der Waals surface area contributed by atoms with Crippen molar-refractivity contribution in [3.63, 3.8) is 0 Å². The van der Waals surface area contributed by atoms with Gasteiger partial charge in [0.15, 0.2) is 11.6 Å². The van der Waals surface area contributed by atoms with Crippen LogP contribution in [0.4, 0.5) is 8.78 Å². The summed E-state index contributed by atoms with van der Waals surface area (Å²) in [5.41, 5.74) is 2.14. The molecule has 0 amide bonds. The summed E-state index contributed by atoms with van der Waals surface area (Å²) in [5, 5.41) is 9.27. The number of phenolic OH excluding ortho intramolecular Hbond substituents is 1. The summed E-state index contributed by atoms with van der Waals surface area (Å²) < 4.78 is 27.6. The molecular weight excluding hydrogens is 330 g/mol. The average Bonchev–Trinajstić information content (AvgIpc) is 3.22. The summed E-state index contributed by atoms with van der Waals surface area (Å²) in [5.74, 6) is -0.357. The predicted octanol–water partition coefficient (Wildman–Crippen LogP) is 6.80. The lowest BCUT2D eigenvalue weighted by Gasteiger charge is -2.32. The lowest BCUT2D eigenvalue weighted by Crippen LogP contribution is -2.19. The van der Waals surface area contributed by atoms with E-state index in [9.17, 15) is 13.9 Å². The summed E-state index contributed by atoms with van der Waals surface area (Å²) in [6.45, 7) is 0. The van der Waals surface area contributed by atoms with Crippen molar-refractivity contribution in [3.05, 3.63) is 53.6 Å². The second kappa shape index (κ2) is 7.38. The fourth-order valence-electron chi connectivity index (χ4n) is 5.05. The van der Waals surface area contributed by atoms with Crippen LogP contribution in [0.3, 0.4) is 0 Å². The number of hydrogen-bond acceptors (Lipinski definition) is 1. The SMILES string of the molecule is Oc1ccc(-c2ccc(C3CCC(C4CCCC4)CC3)cc2)c(F)c1F. The highest BCUT2D eigenvalue weighted by molar-refractivity contribution is 5.65. The molecule has 0 spiro atoms. The molecule has 0 saturated heterocycles. The Balaban J connectivity index is 1.44. The van der Waals surface area contributed by atoms with Gasteiger partial charge in [-0.05, 0) is 66.7 Å². The second-order valence-electron chi connectivity index (χ2n) is 8.04. The van der Waals surface area contributed by atoms with Crippen LogP contribution in [0.1, 0.15) is 62.8 Å². The Morgan fingerprint density at radius 2 is 1.31 bits per heavy atom. The van der Waals surface area contributed by atoms with E-state index in [4.69, 9.17) is 0 Å². The molecule has 0 radical (unpaired) electrons. The molecule has 2 fully saturated rings. The van der Waals surface area contributed by atoms with Gasteiger partial charge in [-0.25, -0.2) is 4.39 Å². The van der Waals surface area contributed by atoms with Gasteiger partial charge < -0.3 is 5.11 Å². The number of benzene rings is 2. The normalized spacial score (nSPS) is 24.1. The van der Waals surface area contributed by atoms with Crippen molar-refractivity contribution in [2.75, 3.05) is 0 Å². The van der Waals surface area contributed by atoms with Gasteiger partial charge in [0.05, 0.1) is 0 Å². The van der Waals surface area contributed by atoms with Gasteiger partial charge in [0.1, 0.15) is 0 Å². The van der Waals surface area contributed by atoms with Gasteiger partial charge in [0.2, 0.25) is 5.82 Å². The molecule has 2 aromatic rings. The molecule has 0 atom stereocenters. The van der Waals surface area contributed by atoms with Crippen molar-refractivity contribution < 1.29 is 13.9 Å². The summed E-state index contributed by atoms with van der Waals surface area (Å²) in [6.07, 6.45) is 10.8. The molecule has 26 heavy (non-hydrogen) atoms. The van der Waals surface area contributed by atoms with E-state index in [0.29, 0.717) is 11.5 Å². The number of aromatic hydroxyl groups is 1. The molecule has 2 aliphatic rings. The molecular formula is C23H26F2O. The Labute approximate surface area is 154 Å². The minimum atomic E-state index is -1.18. The summed E-state index contributed by atoms with van der Waals surface area (Å²) >= 11 is 0. The van der Waals surface area contributed by atoms with Gasteiger partial charge in [0.25, 0.3) is 0 Å². The van der Waals surface area contributed by atoms with Crippen LogP contribution in [0, 0.1) is 23.5 Å². The zero-order chi connectivity index (χ0) is 18.1. The van der Waals surface area contributed by atoms with Crippen molar-refractivity contribution >= 4 is 0 Å². The Bertz CT molecular complexity index is 755. The first-order valence-corrected chi connectivity index (χ1v) is 9.91. The Hall–Kier alpha value is -1.90. The van der Waals surface area contributed by atoms with E-state index in [1.165, 1.54) is 69.1 Å².